The number of hydrogen-bond donors (Lipinski definition) is 1. The van der Waals surface area contributed by atoms with Gasteiger partial charge >= 0.3 is 5.97 Å². The maximum absolute atomic E-state index is 11.6. The van der Waals surface area contributed by atoms with E-state index in [0.29, 0.717) is 11.5 Å². The molecule has 1 fully saturated rings. The van der Waals surface area contributed by atoms with E-state index in [9.17, 15) is 4.79 Å². The minimum atomic E-state index is -0.298. The molecule has 1 atom stereocenters. The van der Waals surface area contributed by atoms with Gasteiger partial charge in [-0.25, -0.2) is 14.8 Å². The molecule has 2 aromatic rings. The van der Waals surface area contributed by atoms with Crippen LogP contribution in [0, 0.1) is 0 Å². The average Bonchev–Trinajstić information content (AvgIpc) is 2.99. The second-order valence-electron chi connectivity index (χ2n) is 7.39. The van der Waals surface area contributed by atoms with E-state index < -0.39 is 0 Å². The molecule has 6 heteroatoms. The molecule has 0 radical (unpaired) electrons. The predicted molar refractivity (Wildman–Crippen MR) is 98.7 cm³/mol. The Labute approximate surface area is 153 Å². The summed E-state index contributed by atoms with van der Waals surface area (Å²) in [6, 6.07) is 7.69. The number of rotatable bonds is 3. The van der Waals surface area contributed by atoms with E-state index in [1.165, 1.54) is 18.2 Å². The largest absolute Gasteiger partial charge is 0.465 e. The number of carbonyl (C=O) groups excluding carboxylic acids is 1. The van der Waals surface area contributed by atoms with Crippen LogP contribution in [0.25, 0.3) is 0 Å². The fraction of sp³-hybridized carbons (Fsp3) is 0.450. The van der Waals surface area contributed by atoms with E-state index >= 15 is 0 Å². The minimum absolute atomic E-state index is 0.108. The quantitative estimate of drug-likeness (QED) is 0.854. The summed E-state index contributed by atoms with van der Waals surface area (Å²) >= 11 is 0. The van der Waals surface area contributed by atoms with Gasteiger partial charge in [0.2, 0.25) is 5.95 Å². The number of methoxy groups -OCH3 is 1. The molecule has 0 saturated carbocycles. The van der Waals surface area contributed by atoms with Gasteiger partial charge in [0.25, 0.3) is 0 Å². The lowest BCUT2D eigenvalue weighted by Crippen LogP contribution is -2.45. The van der Waals surface area contributed by atoms with Crippen molar-refractivity contribution < 1.29 is 9.53 Å². The third kappa shape index (κ3) is 3.05. The molecule has 2 aliphatic rings. The van der Waals surface area contributed by atoms with Gasteiger partial charge in [0, 0.05) is 24.7 Å². The van der Waals surface area contributed by atoms with Crippen LogP contribution in [0.4, 0.5) is 5.95 Å². The Bertz CT molecular complexity index is 817. The molecule has 26 heavy (non-hydrogen) atoms. The fourth-order valence-corrected chi connectivity index (χ4v) is 4.44. The minimum Gasteiger partial charge on any atom is -0.465 e. The maximum Gasteiger partial charge on any atom is 0.337 e. The Hall–Kier alpha value is -2.47. The average molecular weight is 352 g/mol. The highest BCUT2D eigenvalue weighted by Gasteiger charge is 2.43. The number of nitrogen functional groups attached to an aromatic ring is 1. The van der Waals surface area contributed by atoms with Crippen molar-refractivity contribution in [3.63, 3.8) is 0 Å². The maximum atomic E-state index is 11.6. The molecule has 1 aliphatic heterocycles. The number of piperidine rings is 1. The van der Waals surface area contributed by atoms with E-state index in [2.05, 4.69) is 14.9 Å². The molecule has 4 rings (SSSR count). The molecular formula is C20H24N4O2. The molecule has 0 bridgehead atoms. The van der Waals surface area contributed by atoms with E-state index in [0.717, 1.165) is 51.0 Å². The zero-order valence-electron chi connectivity index (χ0n) is 15.1. The van der Waals surface area contributed by atoms with Crippen molar-refractivity contribution in [2.45, 2.75) is 37.6 Å². The smallest absolute Gasteiger partial charge is 0.337 e. The highest BCUT2D eigenvalue weighted by molar-refractivity contribution is 5.89. The van der Waals surface area contributed by atoms with E-state index in [-0.39, 0.29) is 11.4 Å². The number of anilines is 1. The highest BCUT2D eigenvalue weighted by Crippen LogP contribution is 2.44. The second-order valence-corrected chi connectivity index (χ2v) is 7.39. The molecule has 2 N–H and O–H groups in total. The Balaban J connectivity index is 1.50. The Morgan fingerprint density at radius 2 is 2.12 bits per heavy atom. The number of benzene rings is 1. The normalized spacial score (nSPS) is 22.3. The lowest BCUT2D eigenvalue weighted by molar-refractivity contribution is 0.0600. The van der Waals surface area contributed by atoms with Crippen molar-refractivity contribution in [1.29, 1.82) is 0 Å². The van der Waals surface area contributed by atoms with Crippen molar-refractivity contribution in [2.75, 3.05) is 25.9 Å². The van der Waals surface area contributed by atoms with Gasteiger partial charge in [-0.05, 0) is 55.5 Å². The van der Waals surface area contributed by atoms with E-state index in [1.807, 2.05) is 30.5 Å². The summed E-state index contributed by atoms with van der Waals surface area (Å²) in [4.78, 5) is 22.8. The van der Waals surface area contributed by atoms with Crippen LogP contribution in [0.3, 0.4) is 0 Å². The number of aryl methyl sites for hydroxylation is 1. The van der Waals surface area contributed by atoms with Gasteiger partial charge in [-0.15, -0.1) is 0 Å². The van der Waals surface area contributed by atoms with Crippen LogP contribution in [0.1, 0.15) is 46.4 Å². The standard InChI is InChI=1S/C20H24N4O2/c1-26-18(25)15-5-3-14(4-6-15)12-24-10-2-8-20(13-24)9-7-16-11-22-19(21)23-17(16)20/h3-6,11H,2,7-10,12-13H2,1H3,(H2,21,22,23). The zero-order valence-corrected chi connectivity index (χ0v) is 15.1. The summed E-state index contributed by atoms with van der Waals surface area (Å²) in [5.41, 5.74) is 10.2. The van der Waals surface area contributed by atoms with Gasteiger partial charge in [0.1, 0.15) is 0 Å². The summed E-state index contributed by atoms with van der Waals surface area (Å²) in [6.07, 6.45) is 6.38. The second kappa shape index (κ2) is 6.68. The number of aromatic nitrogens is 2. The van der Waals surface area contributed by atoms with Crippen LogP contribution in [0.2, 0.25) is 0 Å². The number of nitrogens with two attached hydrogens (primary N) is 1. The Kier molecular flexibility index (Phi) is 4.36. The predicted octanol–water partition coefficient (Wildman–Crippen LogP) is 2.33. The summed E-state index contributed by atoms with van der Waals surface area (Å²) in [5, 5.41) is 0. The van der Waals surface area contributed by atoms with Gasteiger partial charge in [-0.2, -0.15) is 0 Å². The van der Waals surface area contributed by atoms with Crippen LogP contribution in [0.5, 0.6) is 0 Å². The van der Waals surface area contributed by atoms with Crippen LogP contribution < -0.4 is 5.73 Å². The molecule has 1 aromatic carbocycles. The molecule has 1 saturated heterocycles. The fourth-order valence-electron chi connectivity index (χ4n) is 4.44. The van der Waals surface area contributed by atoms with Gasteiger partial charge in [-0.3, -0.25) is 4.90 Å². The number of fused-ring (bicyclic) bond motifs is 2. The molecule has 1 aromatic heterocycles. The van der Waals surface area contributed by atoms with Crippen LogP contribution >= 0.6 is 0 Å². The Morgan fingerprint density at radius 1 is 1.31 bits per heavy atom. The Morgan fingerprint density at radius 3 is 2.88 bits per heavy atom. The van der Waals surface area contributed by atoms with Crippen molar-refractivity contribution in [3.05, 3.63) is 52.8 Å². The third-order valence-electron chi connectivity index (χ3n) is 5.70. The summed E-state index contributed by atoms with van der Waals surface area (Å²) in [5.74, 6) is 0.0776. The third-order valence-corrected chi connectivity index (χ3v) is 5.70. The zero-order chi connectivity index (χ0) is 18.1. The first-order chi connectivity index (χ1) is 12.6. The topological polar surface area (TPSA) is 81.3 Å². The summed E-state index contributed by atoms with van der Waals surface area (Å²) in [7, 11) is 1.40. The molecule has 1 spiro atoms. The van der Waals surface area contributed by atoms with Gasteiger partial charge < -0.3 is 10.5 Å². The monoisotopic (exact) mass is 352 g/mol. The molecule has 2 heterocycles. The van der Waals surface area contributed by atoms with Gasteiger partial charge in [0.15, 0.2) is 0 Å². The van der Waals surface area contributed by atoms with Crippen molar-refractivity contribution in [1.82, 2.24) is 14.9 Å². The molecule has 136 valence electrons. The van der Waals surface area contributed by atoms with Crippen molar-refractivity contribution in [3.8, 4) is 0 Å². The van der Waals surface area contributed by atoms with E-state index in [4.69, 9.17) is 10.5 Å². The summed E-state index contributed by atoms with van der Waals surface area (Å²) in [6.45, 7) is 2.95. The number of carbonyl (C=O) groups is 1. The number of ether oxygens (including phenoxy) is 1. The molecule has 6 nitrogen and oxygen atoms in total. The van der Waals surface area contributed by atoms with Crippen LogP contribution in [-0.4, -0.2) is 41.0 Å². The molecule has 0 amide bonds. The first kappa shape index (κ1) is 17.0. The highest BCUT2D eigenvalue weighted by atomic mass is 16.5. The molecule has 1 aliphatic carbocycles. The molecule has 1 unspecified atom stereocenters. The lowest BCUT2D eigenvalue weighted by atomic mass is 9.77. The van der Waals surface area contributed by atoms with Gasteiger partial charge in [0.05, 0.1) is 18.4 Å². The first-order valence-electron chi connectivity index (χ1n) is 9.11. The van der Waals surface area contributed by atoms with Crippen molar-refractivity contribution in [2.24, 2.45) is 0 Å². The number of hydrogen-bond acceptors (Lipinski definition) is 6. The van der Waals surface area contributed by atoms with Crippen LogP contribution in [0.15, 0.2) is 30.5 Å². The number of nitrogens with zero attached hydrogens (tertiary/aromatic N) is 3. The SMILES string of the molecule is COC(=O)c1ccc(CN2CCCC3(CCc4cnc(N)nc43)C2)cc1. The van der Waals surface area contributed by atoms with Gasteiger partial charge in [-0.1, -0.05) is 12.1 Å². The lowest BCUT2D eigenvalue weighted by Gasteiger charge is -2.40. The summed E-state index contributed by atoms with van der Waals surface area (Å²) < 4.78 is 4.76. The van der Waals surface area contributed by atoms with Crippen molar-refractivity contribution >= 4 is 11.9 Å². The number of esters is 1. The molecular weight excluding hydrogens is 328 g/mol. The van der Waals surface area contributed by atoms with Crippen LogP contribution in [-0.2, 0) is 23.1 Å². The van der Waals surface area contributed by atoms with E-state index in [1.54, 1.807) is 0 Å². The first-order valence-corrected chi connectivity index (χ1v) is 9.11. The number of likely N-dealkylation sites (tertiary alicyclic amines) is 1.